The van der Waals surface area contributed by atoms with Crippen LogP contribution in [0.5, 0.6) is 0 Å². The zero-order valence-corrected chi connectivity index (χ0v) is 51.6. The predicted molar refractivity (Wildman–Crippen MR) is 320 cm³/mol. The summed E-state index contributed by atoms with van der Waals surface area (Å²) in [4.78, 5) is 89.7. The Balaban J connectivity index is 0.897. The molecule has 2 amide bonds. The summed E-state index contributed by atoms with van der Waals surface area (Å²) in [6, 6.07) is 10.7. The van der Waals surface area contributed by atoms with Crippen molar-refractivity contribution in [1.29, 1.82) is 0 Å². The van der Waals surface area contributed by atoms with E-state index in [1.807, 2.05) is 83.2 Å². The van der Waals surface area contributed by atoms with Gasteiger partial charge in [0, 0.05) is 128 Å². The number of rotatable bonds is 24. The summed E-state index contributed by atoms with van der Waals surface area (Å²) in [5.41, 5.74) is 11.3. The van der Waals surface area contributed by atoms with Gasteiger partial charge in [-0.15, -0.1) is 0 Å². The molecule has 2 bridgehead atoms. The van der Waals surface area contributed by atoms with Crippen LogP contribution in [-0.2, 0) is 39.9 Å². The Bertz CT molecular complexity index is 2410. The first-order chi connectivity index (χ1) is 38.1. The number of quaternary nitrogens is 1. The Morgan fingerprint density at radius 2 is 1.20 bits per heavy atom. The van der Waals surface area contributed by atoms with E-state index in [9.17, 15) is 24.0 Å². The molecule has 450 valence electrons. The van der Waals surface area contributed by atoms with Crippen LogP contribution in [-0.4, -0.2) is 255 Å². The highest BCUT2D eigenvalue weighted by Crippen LogP contribution is 2.73. The number of aldehydes is 1. The fourth-order valence-electron chi connectivity index (χ4n) is 11.8. The molecule has 19 nitrogen and oxygen atoms in total. The summed E-state index contributed by atoms with van der Waals surface area (Å²) in [5.74, 6) is 0.249. The fraction of sp³-hybridized carbons (Fsp3) is 0.694. The molecule has 1 aromatic carbocycles. The summed E-state index contributed by atoms with van der Waals surface area (Å²) in [5, 5.41) is 3.29. The van der Waals surface area contributed by atoms with Gasteiger partial charge < -0.3 is 39.6 Å². The molecular formula is C62H101N12O7+. The first-order valence-corrected chi connectivity index (χ1v) is 29.8. The van der Waals surface area contributed by atoms with Crippen molar-refractivity contribution in [3.05, 3.63) is 70.4 Å². The van der Waals surface area contributed by atoms with Gasteiger partial charge in [-0.25, -0.2) is 9.97 Å². The minimum atomic E-state index is -0.625. The second-order valence-electron chi connectivity index (χ2n) is 26.5. The number of hydrogen-bond donors (Lipinski definition) is 2. The number of aryl methyl sites for hydroxylation is 2. The largest absolute Gasteiger partial charge is 0.459 e. The second kappa shape index (κ2) is 28.9. The van der Waals surface area contributed by atoms with Gasteiger partial charge in [0.1, 0.15) is 17.5 Å². The number of aromatic nitrogens is 2. The predicted octanol–water partition coefficient (Wildman–Crippen LogP) is 3.97. The SMILES string of the molecule is CC/C(N)=C(\Cc1ccc(/C=C/CN2CCN(CC34CC(C(=O)NCC[N+](C)(C)CCN(C)C(=O)CN5CCN(CC(=O)OC(C)(C)C)CCN(CC=O)CCN(CC(=O)OC(C)(C)C)CC5)(C3)C4)CC2)cc1)c1nc(C)cc(C)n1. The van der Waals surface area contributed by atoms with E-state index in [2.05, 4.69) is 77.5 Å². The van der Waals surface area contributed by atoms with Crippen molar-refractivity contribution in [3.8, 4) is 0 Å². The molecule has 0 atom stereocenters. The molecule has 3 aliphatic carbocycles. The topological polar surface area (TPSA) is 190 Å². The highest BCUT2D eigenvalue weighted by molar-refractivity contribution is 5.86. The van der Waals surface area contributed by atoms with Crippen LogP contribution in [0.1, 0.15) is 102 Å². The number of nitrogens with two attached hydrogens (primary N) is 1. The van der Waals surface area contributed by atoms with Crippen molar-refractivity contribution in [3.63, 3.8) is 0 Å². The van der Waals surface area contributed by atoms with Crippen molar-refractivity contribution in [2.45, 2.75) is 106 Å². The lowest BCUT2D eigenvalue weighted by molar-refractivity contribution is -0.888. The van der Waals surface area contributed by atoms with Gasteiger partial charge >= 0.3 is 11.9 Å². The molecule has 0 unspecified atom stereocenters. The Kier molecular flexibility index (Phi) is 23.2. The molecular weight excluding hydrogens is 1020 g/mol. The Hall–Kier alpha value is -5.15. The van der Waals surface area contributed by atoms with Crippen molar-refractivity contribution in [1.82, 2.24) is 49.6 Å². The van der Waals surface area contributed by atoms with Crippen LogP contribution in [0.2, 0.25) is 0 Å². The van der Waals surface area contributed by atoms with Crippen LogP contribution < -0.4 is 11.1 Å². The summed E-state index contributed by atoms with van der Waals surface area (Å²) in [6.07, 6.45) is 9.73. The van der Waals surface area contributed by atoms with Crippen LogP contribution >= 0.6 is 0 Å². The third-order valence-corrected chi connectivity index (χ3v) is 16.3. The van der Waals surface area contributed by atoms with Gasteiger partial charge in [-0.1, -0.05) is 43.3 Å². The molecule has 0 spiro atoms. The summed E-state index contributed by atoms with van der Waals surface area (Å²) >= 11 is 0. The van der Waals surface area contributed by atoms with Gasteiger partial charge in [-0.3, -0.25) is 43.7 Å². The maximum atomic E-state index is 13.9. The van der Waals surface area contributed by atoms with E-state index in [1.165, 1.54) is 11.1 Å². The van der Waals surface area contributed by atoms with E-state index in [0.29, 0.717) is 76.4 Å². The van der Waals surface area contributed by atoms with E-state index in [0.717, 1.165) is 113 Å². The number of esters is 2. The molecule has 0 radical (unpaired) electrons. The number of nitrogens with one attached hydrogen (secondary N) is 1. The zero-order valence-electron chi connectivity index (χ0n) is 51.6. The second-order valence-corrected chi connectivity index (χ2v) is 26.5. The maximum absolute atomic E-state index is 13.9. The minimum Gasteiger partial charge on any atom is -0.459 e. The molecule has 5 fully saturated rings. The quantitative estimate of drug-likeness (QED) is 0.0872. The van der Waals surface area contributed by atoms with Gasteiger partial charge in [0.25, 0.3) is 0 Å². The molecule has 2 aromatic rings. The average Bonchev–Trinajstić information content (AvgIpc) is 3.37. The lowest BCUT2D eigenvalue weighted by Gasteiger charge is -2.70. The molecule has 81 heavy (non-hydrogen) atoms. The van der Waals surface area contributed by atoms with E-state index in [1.54, 1.807) is 4.90 Å². The number of allylic oxidation sites excluding steroid dienone is 2. The third-order valence-electron chi connectivity index (χ3n) is 16.3. The summed E-state index contributed by atoms with van der Waals surface area (Å²) in [7, 11) is 6.13. The number of piperazine rings is 1. The maximum Gasteiger partial charge on any atom is 0.320 e. The molecule has 5 aliphatic rings. The van der Waals surface area contributed by atoms with Gasteiger partial charge in [0.2, 0.25) is 11.8 Å². The van der Waals surface area contributed by atoms with Gasteiger partial charge in [-0.05, 0) is 104 Å². The van der Waals surface area contributed by atoms with Gasteiger partial charge in [-0.2, -0.15) is 0 Å². The lowest BCUT2D eigenvalue weighted by Crippen LogP contribution is -2.71. The van der Waals surface area contributed by atoms with Crippen LogP contribution in [0.25, 0.3) is 11.6 Å². The van der Waals surface area contributed by atoms with Crippen molar-refractivity contribution in [2.24, 2.45) is 16.6 Å². The number of amides is 2. The molecule has 7 rings (SSSR count). The van der Waals surface area contributed by atoms with Crippen molar-refractivity contribution < 1.29 is 37.9 Å². The van der Waals surface area contributed by atoms with Crippen molar-refractivity contribution in [2.75, 3.05) is 165 Å². The number of hydrogen-bond acceptors (Lipinski definition) is 16. The first-order valence-electron chi connectivity index (χ1n) is 29.8. The van der Waals surface area contributed by atoms with Crippen LogP contribution in [0, 0.1) is 24.7 Å². The lowest BCUT2D eigenvalue weighted by atomic mass is 9.34. The molecule has 19 heteroatoms. The Morgan fingerprint density at radius 1 is 0.716 bits per heavy atom. The number of carbonyl (C=O) groups is 5. The zero-order chi connectivity index (χ0) is 59.2. The monoisotopic (exact) mass is 1130 g/mol. The average molecular weight is 1130 g/mol. The molecule has 1 aromatic heterocycles. The van der Waals surface area contributed by atoms with E-state index >= 15 is 0 Å². The van der Waals surface area contributed by atoms with Gasteiger partial charge in [0.15, 0.2) is 5.82 Å². The van der Waals surface area contributed by atoms with Crippen LogP contribution in [0.4, 0.5) is 0 Å². The van der Waals surface area contributed by atoms with Crippen LogP contribution in [0.3, 0.4) is 0 Å². The number of benzene rings is 1. The minimum absolute atomic E-state index is 0.0158. The molecule has 3 N–H and O–H groups in total. The summed E-state index contributed by atoms with van der Waals surface area (Å²) in [6.45, 7) is 30.7. The number of likely N-dealkylation sites (N-methyl/N-ethyl adjacent to an activating group) is 2. The standard InChI is InChI=1S/C62H100N12O7/c1-13-53(63)52(57-65-48(2)39-49(3)66-57)40-51-18-16-50(17-19-51)15-14-21-68-24-32-73(33-25-68)47-61-44-62(45-61,46-61)58(79)64-20-36-74(11,12)37-34-67(10)54(76)41-70-28-30-71(42-55(77)80-59(4,5)6)26-22-69(35-38-75)23-27-72(31-29-70)43-56(78)81-60(7,8)9/h14-19,38-39H,13,20-37,40-47H2,1-12H3,(H2-,63,64,65,66,79)/p+1/b15-14+. The molecule has 2 aliphatic heterocycles. The number of ether oxygens (including phenoxy) is 2. The smallest absolute Gasteiger partial charge is 0.320 e. The van der Waals surface area contributed by atoms with Crippen LogP contribution in [0.15, 0.2) is 42.1 Å². The van der Waals surface area contributed by atoms with E-state index < -0.39 is 11.2 Å². The van der Waals surface area contributed by atoms with E-state index in [-0.39, 0.29) is 60.8 Å². The highest BCUT2D eigenvalue weighted by Gasteiger charge is 2.71. The third kappa shape index (κ3) is 20.9. The molecule has 3 saturated carbocycles. The molecule has 3 heterocycles. The normalized spacial score (nSPS) is 21.9. The van der Waals surface area contributed by atoms with Gasteiger partial charge in [0.05, 0.1) is 71.9 Å². The highest BCUT2D eigenvalue weighted by atomic mass is 16.6. The van der Waals surface area contributed by atoms with Crippen molar-refractivity contribution >= 4 is 41.7 Å². The number of carbonyl (C=O) groups excluding carboxylic acids is 5. The Morgan fingerprint density at radius 3 is 1.69 bits per heavy atom. The molecule has 2 saturated heterocycles. The summed E-state index contributed by atoms with van der Waals surface area (Å²) < 4.78 is 12.0. The number of nitrogens with zero attached hydrogens (tertiary/aromatic N) is 10. The first kappa shape index (κ1) is 65.0. The Labute approximate surface area is 485 Å². The van der Waals surface area contributed by atoms with E-state index in [4.69, 9.17) is 25.2 Å². The fourth-order valence-corrected chi connectivity index (χ4v) is 11.8.